The first-order chi connectivity index (χ1) is 8.36. The number of hydrogen-bond acceptors (Lipinski definition) is 5. The van der Waals surface area contributed by atoms with Crippen LogP contribution in [0.2, 0.25) is 0 Å². The largest absolute Gasteiger partial charge is 0.486 e. The van der Waals surface area contributed by atoms with Crippen molar-refractivity contribution in [1.82, 2.24) is 9.97 Å². The Bertz CT molecular complexity index is 544. The Kier molecular flexibility index (Phi) is 2.51. The van der Waals surface area contributed by atoms with Crippen molar-refractivity contribution >= 4 is 17.5 Å². The molecule has 2 aromatic rings. The number of aldehydes is 1. The van der Waals surface area contributed by atoms with E-state index >= 15 is 0 Å². The van der Waals surface area contributed by atoms with E-state index in [1.54, 1.807) is 12.3 Å². The van der Waals surface area contributed by atoms with Crippen LogP contribution in [0.15, 0.2) is 16.7 Å². The zero-order chi connectivity index (χ0) is 11.7. The van der Waals surface area contributed by atoms with Gasteiger partial charge in [0.15, 0.2) is 5.75 Å². The molecule has 2 aromatic heterocycles. The van der Waals surface area contributed by atoms with Crippen LogP contribution in [0.5, 0.6) is 5.75 Å². The number of hydrogen-bond donors (Lipinski definition) is 0. The van der Waals surface area contributed by atoms with Crippen LogP contribution in [0.1, 0.15) is 36.4 Å². The number of aromatic nitrogens is 2. The maximum absolute atomic E-state index is 10.6. The summed E-state index contributed by atoms with van der Waals surface area (Å²) in [7, 11) is 0. The van der Waals surface area contributed by atoms with Crippen LogP contribution in [0.25, 0.3) is 11.2 Å². The van der Waals surface area contributed by atoms with Gasteiger partial charge in [0.2, 0.25) is 17.5 Å². The highest BCUT2D eigenvalue weighted by Crippen LogP contribution is 2.29. The van der Waals surface area contributed by atoms with Crippen LogP contribution in [0, 0.1) is 0 Å². The van der Waals surface area contributed by atoms with Gasteiger partial charge in [-0.2, -0.15) is 4.98 Å². The zero-order valence-electron chi connectivity index (χ0n) is 9.26. The van der Waals surface area contributed by atoms with E-state index in [0.717, 1.165) is 12.8 Å². The van der Waals surface area contributed by atoms with Crippen molar-refractivity contribution in [1.29, 1.82) is 0 Å². The molecule has 0 N–H and O–H groups in total. The molecule has 1 aliphatic carbocycles. The number of carbonyl (C=O) groups is 1. The Balaban J connectivity index is 1.96. The molecule has 0 saturated heterocycles. The first-order valence-corrected chi connectivity index (χ1v) is 5.74. The minimum Gasteiger partial charge on any atom is -0.486 e. The Morgan fingerprint density at radius 3 is 3.00 bits per heavy atom. The number of oxazole rings is 1. The number of rotatable bonds is 3. The summed E-state index contributed by atoms with van der Waals surface area (Å²) >= 11 is 0. The number of pyridine rings is 1. The normalized spacial score (nSPS) is 16.5. The monoisotopic (exact) mass is 232 g/mol. The highest BCUT2D eigenvalue weighted by atomic mass is 16.5. The van der Waals surface area contributed by atoms with Crippen LogP contribution in [0.3, 0.4) is 0 Å². The van der Waals surface area contributed by atoms with Gasteiger partial charge in [-0.1, -0.05) is 0 Å². The average molecular weight is 232 g/mol. The fourth-order valence-corrected chi connectivity index (χ4v) is 2.16. The van der Waals surface area contributed by atoms with Crippen molar-refractivity contribution in [3.05, 3.63) is 18.2 Å². The minimum atomic E-state index is 0.0370. The number of ether oxygens (including phenoxy) is 1. The number of carbonyl (C=O) groups excluding carboxylic acids is 1. The Labute approximate surface area is 97.8 Å². The molecule has 17 heavy (non-hydrogen) atoms. The second-order valence-corrected chi connectivity index (χ2v) is 4.16. The lowest BCUT2D eigenvalue weighted by molar-refractivity contribution is 0.109. The zero-order valence-corrected chi connectivity index (χ0v) is 9.26. The summed E-state index contributed by atoms with van der Waals surface area (Å²) in [6.07, 6.45) is 6.97. The molecule has 5 heteroatoms. The molecule has 0 spiro atoms. The van der Waals surface area contributed by atoms with Gasteiger partial charge in [0.05, 0.1) is 6.10 Å². The Morgan fingerprint density at radius 1 is 1.41 bits per heavy atom. The van der Waals surface area contributed by atoms with Gasteiger partial charge in [-0.25, -0.2) is 4.98 Å². The molecule has 88 valence electrons. The van der Waals surface area contributed by atoms with Crippen LogP contribution < -0.4 is 4.74 Å². The summed E-state index contributed by atoms with van der Waals surface area (Å²) in [6, 6.07) is 1.75. The third-order valence-corrected chi connectivity index (χ3v) is 2.97. The summed E-state index contributed by atoms with van der Waals surface area (Å²) < 4.78 is 11.1. The lowest BCUT2D eigenvalue weighted by Gasteiger charge is -2.12. The predicted molar refractivity (Wildman–Crippen MR) is 60.1 cm³/mol. The van der Waals surface area contributed by atoms with Gasteiger partial charge in [-0.05, 0) is 25.7 Å². The van der Waals surface area contributed by atoms with Crippen LogP contribution in [-0.4, -0.2) is 22.4 Å². The van der Waals surface area contributed by atoms with E-state index in [1.807, 2.05) is 0 Å². The molecule has 1 saturated carbocycles. The predicted octanol–water partition coefficient (Wildman–Crippen LogP) is 2.36. The van der Waals surface area contributed by atoms with E-state index in [1.165, 1.54) is 12.8 Å². The molecular formula is C12H12N2O3. The fraction of sp³-hybridized carbons (Fsp3) is 0.417. The average Bonchev–Trinajstić information content (AvgIpc) is 2.97. The summed E-state index contributed by atoms with van der Waals surface area (Å²) in [4.78, 5) is 18.6. The Hall–Kier alpha value is -1.91. The summed E-state index contributed by atoms with van der Waals surface area (Å²) in [5, 5.41) is 0. The molecule has 5 nitrogen and oxygen atoms in total. The third kappa shape index (κ3) is 1.88. The van der Waals surface area contributed by atoms with Crippen LogP contribution in [-0.2, 0) is 0 Å². The molecule has 0 radical (unpaired) electrons. The van der Waals surface area contributed by atoms with Crippen molar-refractivity contribution < 1.29 is 13.9 Å². The highest BCUT2D eigenvalue weighted by molar-refractivity contribution is 5.80. The van der Waals surface area contributed by atoms with E-state index in [-0.39, 0.29) is 12.0 Å². The molecule has 0 unspecified atom stereocenters. The highest BCUT2D eigenvalue weighted by Gasteiger charge is 2.19. The van der Waals surface area contributed by atoms with Gasteiger partial charge in [-0.3, -0.25) is 4.79 Å². The number of fused-ring (bicyclic) bond motifs is 1. The van der Waals surface area contributed by atoms with Gasteiger partial charge in [-0.15, -0.1) is 0 Å². The number of nitrogens with zero attached hydrogens (tertiary/aromatic N) is 2. The quantitative estimate of drug-likeness (QED) is 0.760. The van der Waals surface area contributed by atoms with E-state index in [2.05, 4.69) is 9.97 Å². The summed E-state index contributed by atoms with van der Waals surface area (Å²) in [5.41, 5.74) is 0.879. The molecule has 0 aromatic carbocycles. The Morgan fingerprint density at radius 2 is 2.24 bits per heavy atom. The van der Waals surface area contributed by atoms with Gasteiger partial charge in [0, 0.05) is 12.3 Å². The van der Waals surface area contributed by atoms with E-state index in [0.29, 0.717) is 23.3 Å². The van der Waals surface area contributed by atoms with Crippen molar-refractivity contribution in [3.63, 3.8) is 0 Å². The molecule has 1 aliphatic rings. The first-order valence-electron chi connectivity index (χ1n) is 5.74. The van der Waals surface area contributed by atoms with Gasteiger partial charge >= 0.3 is 0 Å². The molecule has 0 atom stereocenters. The smallest absolute Gasteiger partial charge is 0.262 e. The second-order valence-electron chi connectivity index (χ2n) is 4.16. The molecule has 0 bridgehead atoms. The lowest BCUT2D eigenvalue weighted by Crippen LogP contribution is -2.10. The molecule has 2 heterocycles. The van der Waals surface area contributed by atoms with E-state index < -0.39 is 0 Å². The standard InChI is InChI=1S/C12H12N2O3/c15-7-10-14-12-11(17-10)9(5-6-13-12)16-8-3-1-2-4-8/h5-8H,1-4H2. The van der Waals surface area contributed by atoms with Crippen molar-refractivity contribution in [2.45, 2.75) is 31.8 Å². The summed E-state index contributed by atoms with van der Waals surface area (Å²) in [6.45, 7) is 0. The van der Waals surface area contributed by atoms with Crippen LogP contribution in [0.4, 0.5) is 0 Å². The topological polar surface area (TPSA) is 65.2 Å². The first kappa shape index (κ1) is 10.3. The molecule has 1 fully saturated rings. The van der Waals surface area contributed by atoms with Gasteiger partial charge in [0.25, 0.3) is 5.89 Å². The maximum Gasteiger partial charge on any atom is 0.262 e. The molecule has 0 amide bonds. The van der Waals surface area contributed by atoms with E-state index in [4.69, 9.17) is 9.15 Å². The second kappa shape index (κ2) is 4.16. The lowest BCUT2D eigenvalue weighted by atomic mass is 10.3. The van der Waals surface area contributed by atoms with Gasteiger partial charge < -0.3 is 9.15 Å². The van der Waals surface area contributed by atoms with E-state index in [9.17, 15) is 4.79 Å². The SMILES string of the molecule is O=Cc1nc2nccc(OC3CCCC3)c2o1. The minimum absolute atomic E-state index is 0.0370. The molecule has 3 rings (SSSR count). The maximum atomic E-state index is 10.6. The molecular weight excluding hydrogens is 220 g/mol. The fourth-order valence-electron chi connectivity index (χ4n) is 2.16. The van der Waals surface area contributed by atoms with Crippen LogP contribution >= 0.6 is 0 Å². The van der Waals surface area contributed by atoms with Crippen molar-refractivity contribution in [3.8, 4) is 5.75 Å². The summed E-state index contributed by atoms with van der Waals surface area (Å²) in [5.74, 6) is 0.664. The van der Waals surface area contributed by atoms with Crippen molar-refractivity contribution in [2.75, 3.05) is 0 Å². The van der Waals surface area contributed by atoms with Crippen molar-refractivity contribution in [2.24, 2.45) is 0 Å². The third-order valence-electron chi connectivity index (χ3n) is 2.97. The molecule has 0 aliphatic heterocycles. The van der Waals surface area contributed by atoms with Gasteiger partial charge in [0.1, 0.15) is 0 Å².